The lowest BCUT2D eigenvalue weighted by Gasteiger charge is -2.06. The fourth-order valence-electron chi connectivity index (χ4n) is 1.50. The van der Waals surface area contributed by atoms with E-state index in [0.29, 0.717) is 24.7 Å². The summed E-state index contributed by atoms with van der Waals surface area (Å²) >= 11 is 0. The Bertz CT molecular complexity index is 381. The van der Waals surface area contributed by atoms with E-state index in [-0.39, 0.29) is 5.91 Å². The molecule has 0 aromatic carbocycles. The van der Waals surface area contributed by atoms with Crippen LogP contribution in [-0.2, 0) is 4.74 Å². The Morgan fingerprint density at radius 1 is 1.15 bits per heavy atom. The van der Waals surface area contributed by atoms with Crippen LogP contribution in [0.3, 0.4) is 0 Å². The number of anilines is 1. The first-order valence-corrected chi connectivity index (χ1v) is 7.19. The SMILES string of the molecule is CCCNc1cnc(C(=O)NCCCOCCC)cn1. The Hall–Kier alpha value is -1.69. The summed E-state index contributed by atoms with van der Waals surface area (Å²) in [4.78, 5) is 20.0. The van der Waals surface area contributed by atoms with Crippen LogP contribution >= 0.6 is 0 Å². The smallest absolute Gasteiger partial charge is 0.271 e. The molecule has 1 heterocycles. The van der Waals surface area contributed by atoms with E-state index in [1.54, 1.807) is 6.20 Å². The van der Waals surface area contributed by atoms with E-state index in [4.69, 9.17) is 4.74 Å². The maximum atomic E-state index is 11.8. The zero-order valence-electron chi connectivity index (χ0n) is 12.3. The predicted molar refractivity (Wildman–Crippen MR) is 78.9 cm³/mol. The first kappa shape index (κ1) is 16.4. The minimum atomic E-state index is -0.199. The number of ether oxygens (including phenoxy) is 1. The topological polar surface area (TPSA) is 76.1 Å². The van der Waals surface area contributed by atoms with Gasteiger partial charge in [-0.3, -0.25) is 4.79 Å². The largest absolute Gasteiger partial charge is 0.381 e. The normalized spacial score (nSPS) is 10.3. The van der Waals surface area contributed by atoms with E-state index in [1.165, 1.54) is 6.20 Å². The molecule has 0 saturated heterocycles. The van der Waals surface area contributed by atoms with E-state index in [9.17, 15) is 4.79 Å². The number of amides is 1. The van der Waals surface area contributed by atoms with Gasteiger partial charge in [-0.25, -0.2) is 9.97 Å². The van der Waals surface area contributed by atoms with Gasteiger partial charge in [0.25, 0.3) is 5.91 Å². The minimum Gasteiger partial charge on any atom is -0.381 e. The first-order chi connectivity index (χ1) is 9.77. The highest BCUT2D eigenvalue weighted by molar-refractivity contribution is 5.91. The second kappa shape index (κ2) is 10.1. The van der Waals surface area contributed by atoms with Crippen LogP contribution in [0.15, 0.2) is 12.4 Å². The summed E-state index contributed by atoms with van der Waals surface area (Å²) in [5, 5.41) is 5.91. The molecule has 0 unspecified atom stereocenters. The van der Waals surface area contributed by atoms with Gasteiger partial charge in [-0.2, -0.15) is 0 Å². The summed E-state index contributed by atoms with van der Waals surface area (Å²) in [5.41, 5.74) is 0.335. The van der Waals surface area contributed by atoms with Crippen LogP contribution in [-0.4, -0.2) is 42.2 Å². The van der Waals surface area contributed by atoms with Crippen molar-refractivity contribution >= 4 is 11.7 Å². The van der Waals surface area contributed by atoms with Gasteiger partial charge < -0.3 is 15.4 Å². The molecule has 0 aliphatic carbocycles. The molecule has 0 saturated carbocycles. The summed E-state index contributed by atoms with van der Waals surface area (Å²) < 4.78 is 5.34. The third-order valence-electron chi connectivity index (χ3n) is 2.54. The van der Waals surface area contributed by atoms with Gasteiger partial charge in [-0.15, -0.1) is 0 Å². The molecule has 1 rings (SSSR count). The van der Waals surface area contributed by atoms with Gasteiger partial charge in [0, 0.05) is 26.3 Å². The molecule has 0 atom stereocenters. The molecule has 20 heavy (non-hydrogen) atoms. The zero-order chi connectivity index (χ0) is 14.6. The van der Waals surface area contributed by atoms with Crippen molar-refractivity contribution in [3.63, 3.8) is 0 Å². The van der Waals surface area contributed by atoms with Gasteiger partial charge in [0.1, 0.15) is 11.5 Å². The Morgan fingerprint density at radius 3 is 2.65 bits per heavy atom. The maximum absolute atomic E-state index is 11.8. The summed E-state index contributed by atoms with van der Waals surface area (Å²) in [7, 11) is 0. The van der Waals surface area contributed by atoms with Crippen molar-refractivity contribution in [1.29, 1.82) is 0 Å². The van der Waals surface area contributed by atoms with Crippen LogP contribution in [0.4, 0.5) is 5.82 Å². The number of carbonyl (C=O) groups excluding carboxylic acids is 1. The highest BCUT2D eigenvalue weighted by Gasteiger charge is 2.06. The maximum Gasteiger partial charge on any atom is 0.271 e. The van der Waals surface area contributed by atoms with Crippen molar-refractivity contribution in [3.8, 4) is 0 Å². The molecule has 0 aliphatic rings. The number of nitrogens with zero attached hydrogens (tertiary/aromatic N) is 2. The summed E-state index contributed by atoms with van der Waals surface area (Å²) in [5.74, 6) is 0.492. The van der Waals surface area contributed by atoms with E-state index in [0.717, 1.165) is 32.4 Å². The van der Waals surface area contributed by atoms with Gasteiger partial charge in [-0.1, -0.05) is 13.8 Å². The molecule has 2 N–H and O–H groups in total. The summed E-state index contributed by atoms with van der Waals surface area (Å²) in [6.07, 6.45) is 5.90. The number of nitrogens with one attached hydrogen (secondary N) is 2. The van der Waals surface area contributed by atoms with Crippen molar-refractivity contribution in [2.24, 2.45) is 0 Å². The second-order valence-electron chi connectivity index (χ2n) is 4.44. The van der Waals surface area contributed by atoms with E-state index in [2.05, 4.69) is 34.4 Å². The Labute approximate surface area is 120 Å². The lowest BCUT2D eigenvalue weighted by atomic mass is 10.4. The molecule has 0 bridgehead atoms. The monoisotopic (exact) mass is 280 g/mol. The van der Waals surface area contributed by atoms with Crippen molar-refractivity contribution in [3.05, 3.63) is 18.1 Å². The van der Waals surface area contributed by atoms with Crippen LogP contribution in [0.2, 0.25) is 0 Å². The van der Waals surface area contributed by atoms with Gasteiger partial charge in [0.2, 0.25) is 0 Å². The fraction of sp³-hybridized carbons (Fsp3) is 0.643. The molecule has 1 aromatic heterocycles. The summed E-state index contributed by atoms with van der Waals surface area (Å²) in [6.45, 7) is 7.01. The molecule has 0 aliphatic heterocycles. The molecule has 1 aromatic rings. The number of hydrogen-bond acceptors (Lipinski definition) is 5. The van der Waals surface area contributed by atoms with Gasteiger partial charge in [0.15, 0.2) is 0 Å². The molecule has 0 radical (unpaired) electrons. The molecule has 0 spiro atoms. The number of hydrogen-bond donors (Lipinski definition) is 2. The molecular formula is C14H24N4O2. The fourth-order valence-corrected chi connectivity index (χ4v) is 1.50. The Morgan fingerprint density at radius 2 is 2.00 bits per heavy atom. The van der Waals surface area contributed by atoms with E-state index >= 15 is 0 Å². The molecule has 1 amide bonds. The molecule has 6 heteroatoms. The highest BCUT2D eigenvalue weighted by atomic mass is 16.5. The molecular weight excluding hydrogens is 256 g/mol. The van der Waals surface area contributed by atoms with Crippen molar-refractivity contribution in [2.75, 3.05) is 31.6 Å². The summed E-state index contributed by atoms with van der Waals surface area (Å²) in [6, 6.07) is 0. The van der Waals surface area contributed by atoms with Gasteiger partial charge in [0.05, 0.1) is 12.4 Å². The Balaban J connectivity index is 2.25. The predicted octanol–water partition coefficient (Wildman–Crippen LogP) is 1.84. The average Bonchev–Trinajstić information content (AvgIpc) is 2.49. The molecule has 0 fully saturated rings. The standard InChI is InChI=1S/C14H24N4O2/c1-3-6-15-13-11-17-12(10-18-13)14(19)16-7-5-9-20-8-4-2/h10-11H,3-9H2,1-2H3,(H,15,18)(H,16,19). The van der Waals surface area contributed by atoms with E-state index < -0.39 is 0 Å². The average molecular weight is 280 g/mol. The van der Waals surface area contributed by atoms with Crippen LogP contribution < -0.4 is 10.6 Å². The van der Waals surface area contributed by atoms with Gasteiger partial charge in [-0.05, 0) is 19.3 Å². The molecule has 6 nitrogen and oxygen atoms in total. The zero-order valence-corrected chi connectivity index (χ0v) is 12.3. The van der Waals surface area contributed by atoms with Crippen LogP contribution in [0.25, 0.3) is 0 Å². The van der Waals surface area contributed by atoms with Gasteiger partial charge >= 0.3 is 0 Å². The van der Waals surface area contributed by atoms with Crippen molar-refractivity contribution in [2.45, 2.75) is 33.1 Å². The second-order valence-corrected chi connectivity index (χ2v) is 4.44. The number of carbonyl (C=O) groups is 1. The number of rotatable bonds is 10. The van der Waals surface area contributed by atoms with Crippen molar-refractivity contribution in [1.82, 2.24) is 15.3 Å². The molecule has 112 valence electrons. The highest BCUT2D eigenvalue weighted by Crippen LogP contribution is 2.01. The Kier molecular flexibility index (Phi) is 8.30. The lowest BCUT2D eigenvalue weighted by molar-refractivity contribution is 0.0936. The quantitative estimate of drug-likeness (QED) is 0.640. The van der Waals surface area contributed by atoms with Crippen LogP contribution in [0, 0.1) is 0 Å². The number of aromatic nitrogens is 2. The minimum absolute atomic E-state index is 0.199. The van der Waals surface area contributed by atoms with E-state index in [1.807, 2.05) is 0 Å². The van der Waals surface area contributed by atoms with Crippen LogP contribution in [0.1, 0.15) is 43.6 Å². The third-order valence-corrected chi connectivity index (χ3v) is 2.54. The third kappa shape index (κ3) is 6.47. The lowest BCUT2D eigenvalue weighted by Crippen LogP contribution is -2.26. The van der Waals surface area contributed by atoms with Crippen molar-refractivity contribution < 1.29 is 9.53 Å². The van der Waals surface area contributed by atoms with Crippen LogP contribution in [0.5, 0.6) is 0 Å². The first-order valence-electron chi connectivity index (χ1n) is 7.19.